The third kappa shape index (κ3) is 5.04. The Balaban J connectivity index is 1.70. The van der Waals surface area contributed by atoms with Gasteiger partial charge in [0.25, 0.3) is 5.56 Å². The number of aryl methyl sites for hydroxylation is 2. The summed E-state index contributed by atoms with van der Waals surface area (Å²) in [5.74, 6) is 2.09. The summed E-state index contributed by atoms with van der Waals surface area (Å²) in [6.45, 7) is 2.74. The fourth-order valence-corrected chi connectivity index (χ4v) is 6.63. The van der Waals surface area contributed by atoms with Gasteiger partial charge in [0, 0.05) is 23.6 Å². The average Bonchev–Trinajstić information content (AvgIpc) is 3.15. The van der Waals surface area contributed by atoms with Crippen LogP contribution in [0.3, 0.4) is 0 Å². The fraction of sp³-hybridized carbons (Fsp3) is 0.458. The van der Waals surface area contributed by atoms with Crippen LogP contribution in [-0.4, -0.2) is 35.4 Å². The molecule has 0 radical (unpaired) electrons. The van der Waals surface area contributed by atoms with Gasteiger partial charge in [-0.05, 0) is 54.9 Å². The van der Waals surface area contributed by atoms with Gasteiger partial charge in [0.05, 0.1) is 19.6 Å². The van der Waals surface area contributed by atoms with Crippen molar-refractivity contribution in [3.63, 3.8) is 0 Å². The van der Waals surface area contributed by atoms with Crippen LogP contribution in [0.5, 0.6) is 11.5 Å². The Morgan fingerprint density at radius 3 is 2.82 bits per heavy atom. The quantitative estimate of drug-likeness (QED) is 0.364. The molecule has 0 spiro atoms. The molecule has 1 atom stereocenters. The van der Waals surface area contributed by atoms with Crippen molar-refractivity contribution in [2.45, 2.75) is 50.7 Å². The Kier molecular flexibility index (Phi) is 7.29. The van der Waals surface area contributed by atoms with Gasteiger partial charge in [-0.2, -0.15) is 0 Å². The lowest BCUT2D eigenvalue weighted by Gasteiger charge is -2.18. The largest absolute Gasteiger partial charge is 0.493 e. The number of rotatable bonds is 9. The molecule has 1 aliphatic rings. The molecule has 1 amide bonds. The van der Waals surface area contributed by atoms with Crippen LogP contribution < -0.4 is 20.8 Å². The van der Waals surface area contributed by atoms with Gasteiger partial charge in [0.15, 0.2) is 16.7 Å². The maximum absolute atomic E-state index is 13.7. The molecule has 0 saturated carbocycles. The van der Waals surface area contributed by atoms with Gasteiger partial charge in [-0.25, -0.2) is 4.98 Å². The predicted octanol–water partition coefficient (Wildman–Crippen LogP) is 3.81. The molecule has 0 saturated heterocycles. The van der Waals surface area contributed by atoms with Crippen molar-refractivity contribution in [1.82, 2.24) is 9.55 Å². The molecule has 4 rings (SSSR count). The highest BCUT2D eigenvalue weighted by Crippen LogP contribution is 2.36. The minimum Gasteiger partial charge on any atom is -0.493 e. The number of carbonyl (C=O) groups is 1. The lowest BCUT2D eigenvalue weighted by atomic mass is 9.89. The van der Waals surface area contributed by atoms with Crippen molar-refractivity contribution in [2.75, 3.05) is 20.0 Å². The minimum absolute atomic E-state index is 0.00843. The van der Waals surface area contributed by atoms with Gasteiger partial charge in [-0.15, -0.1) is 11.3 Å². The second-order valence-corrected chi connectivity index (χ2v) is 10.5. The second-order valence-electron chi connectivity index (χ2n) is 8.39. The Hall–Kier alpha value is -2.52. The maximum Gasteiger partial charge on any atom is 0.263 e. The summed E-state index contributed by atoms with van der Waals surface area (Å²) in [6, 6.07) is 5.78. The number of aromatic nitrogens is 2. The number of thiophene rings is 1. The van der Waals surface area contributed by atoms with Gasteiger partial charge in [-0.1, -0.05) is 24.8 Å². The van der Waals surface area contributed by atoms with E-state index in [1.54, 1.807) is 30.1 Å². The van der Waals surface area contributed by atoms with E-state index >= 15 is 0 Å². The smallest absolute Gasteiger partial charge is 0.263 e. The summed E-state index contributed by atoms with van der Waals surface area (Å²) < 4.78 is 12.5. The molecule has 0 bridgehead atoms. The highest BCUT2D eigenvalue weighted by atomic mass is 32.2. The van der Waals surface area contributed by atoms with E-state index in [0.717, 1.165) is 35.0 Å². The Morgan fingerprint density at radius 2 is 2.09 bits per heavy atom. The van der Waals surface area contributed by atoms with Crippen LogP contribution in [0.25, 0.3) is 10.2 Å². The Morgan fingerprint density at radius 1 is 1.30 bits per heavy atom. The number of hydrogen-bond donors (Lipinski definition) is 1. The first-order valence-corrected chi connectivity index (χ1v) is 12.9. The molecule has 0 aliphatic heterocycles. The second kappa shape index (κ2) is 10.2. The van der Waals surface area contributed by atoms with Crippen LogP contribution in [-0.2, 0) is 30.6 Å². The normalized spacial score (nSPS) is 15.4. The molecule has 2 N–H and O–H groups in total. The van der Waals surface area contributed by atoms with Crippen LogP contribution in [0, 0.1) is 5.92 Å². The highest BCUT2D eigenvalue weighted by Gasteiger charge is 2.24. The van der Waals surface area contributed by atoms with Crippen LogP contribution in [0.1, 0.15) is 35.8 Å². The van der Waals surface area contributed by atoms with Crippen LogP contribution in [0.15, 0.2) is 28.2 Å². The predicted molar refractivity (Wildman–Crippen MR) is 133 cm³/mol. The topological polar surface area (TPSA) is 96.4 Å². The van der Waals surface area contributed by atoms with E-state index in [4.69, 9.17) is 20.2 Å². The van der Waals surface area contributed by atoms with Crippen LogP contribution in [0.4, 0.5) is 0 Å². The number of fused-ring (bicyclic) bond motifs is 3. The van der Waals surface area contributed by atoms with Gasteiger partial charge < -0.3 is 15.2 Å². The number of nitrogens with zero attached hydrogens (tertiary/aromatic N) is 2. The third-order valence-corrected chi connectivity index (χ3v) is 8.16. The number of thioether (sulfide) groups is 1. The van der Waals surface area contributed by atoms with E-state index in [1.807, 2.05) is 18.2 Å². The molecule has 1 unspecified atom stereocenters. The Labute approximate surface area is 201 Å². The number of ether oxygens (including phenoxy) is 2. The number of primary amides is 1. The van der Waals surface area contributed by atoms with E-state index < -0.39 is 0 Å². The van der Waals surface area contributed by atoms with Crippen molar-refractivity contribution in [1.29, 1.82) is 0 Å². The highest BCUT2D eigenvalue weighted by molar-refractivity contribution is 7.99. The molecule has 2 heterocycles. The molecule has 1 aliphatic carbocycles. The zero-order valence-electron chi connectivity index (χ0n) is 19.2. The van der Waals surface area contributed by atoms with Crippen molar-refractivity contribution < 1.29 is 14.3 Å². The third-order valence-electron chi connectivity index (χ3n) is 6.03. The van der Waals surface area contributed by atoms with E-state index in [0.29, 0.717) is 41.3 Å². The first-order chi connectivity index (χ1) is 15.9. The zero-order chi connectivity index (χ0) is 23.5. The minimum atomic E-state index is -0.358. The lowest BCUT2D eigenvalue weighted by Crippen LogP contribution is -2.25. The van der Waals surface area contributed by atoms with Gasteiger partial charge >= 0.3 is 0 Å². The summed E-state index contributed by atoms with van der Waals surface area (Å²) >= 11 is 3.06. The molecular formula is C24H29N3O4S2. The standard InChI is InChI=1S/C24H29N3O4S2/c1-14-4-6-16-19(12-14)33-22-21(16)23(29)27(24(26-22)32-11-9-20(25)28)10-8-15-5-7-17(30-2)18(13-15)31-3/h5,7,13-14H,4,6,8-12H2,1-3H3,(H2,25,28). The number of carbonyl (C=O) groups excluding carboxylic acids is 1. The van der Waals surface area contributed by atoms with Crippen LogP contribution >= 0.6 is 23.1 Å². The molecule has 3 aromatic rings. The number of methoxy groups -OCH3 is 2. The van der Waals surface area contributed by atoms with E-state index in [1.165, 1.54) is 22.2 Å². The molecule has 1 aromatic carbocycles. The number of amides is 1. The summed E-state index contributed by atoms with van der Waals surface area (Å²) in [6.07, 6.45) is 3.91. The van der Waals surface area contributed by atoms with Crippen LogP contribution in [0.2, 0.25) is 0 Å². The summed E-state index contributed by atoms with van der Waals surface area (Å²) in [4.78, 5) is 31.9. The fourth-order valence-electron chi connectivity index (χ4n) is 4.23. The number of hydrogen-bond acceptors (Lipinski definition) is 7. The number of nitrogens with two attached hydrogens (primary N) is 1. The van der Waals surface area contributed by atoms with Gasteiger partial charge in [-0.3, -0.25) is 14.2 Å². The van der Waals surface area contributed by atoms with E-state index in [2.05, 4.69) is 6.92 Å². The lowest BCUT2D eigenvalue weighted by molar-refractivity contribution is -0.117. The summed E-state index contributed by atoms with van der Waals surface area (Å²) in [5.41, 5.74) is 7.54. The van der Waals surface area contributed by atoms with Crippen molar-refractivity contribution in [3.05, 3.63) is 44.6 Å². The van der Waals surface area contributed by atoms with Crippen molar-refractivity contribution in [2.24, 2.45) is 11.7 Å². The monoisotopic (exact) mass is 487 g/mol. The molecule has 9 heteroatoms. The first kappa shape index (κ1) is 23.6. The Bertz CT molecular complexity index is 1230. The summed E-state index contributed by atoms with van der Waals surface area (Å²) in [5, 5.41) is 1.41. The maximum atomic E-state index is 13.7. The molecule has 7 nitrogen and oxygen atoms in total. The van der Waals surface area contributed by atoms with E-state index in [-0.39, 0.29) is 17.9 Å². The van der Waals surface area contributed by atoms with Crippen molar-refractivity contribution in [3.8, 4) is 11.5 Å². The van der Waals surface area contributed by atoms with Gasteiger partial charge in [0.2, 0.25) is 5.91 Å². The molecule has 2 aromatic heterocycles. The van der Waals surface area contributed by atoms with Crippen molar-refractivity contribution >= 4 is 39.2 Å². The molecule has 0 fully saturated rings. The number of benzene rings is 1. The average molecular weight is 488 g/mol. The first-order valence-electron chi connectivity index (χ1n) is 11.1. The van der Waals surface area contributed by atoms with E-state index in [9.17, 15) is 9.59 Å². The zero-order valence-corrected chi connectivity index (χ0v) is 20.8. The van der Waals surface area contributed by atoms with Gasteiger partial charge in [0.1, 0.15) is 4.83 Å². The molecule has 176 valence electrons. The SMILES string of the molecule is COc1ccc(CCn2c(SCCC(N)=O)nc3sc4c(c3c2=O)CCC(C)C4)cc1OC. The molecule has 33 heavy (non-hydrogen) atoms. The molecular weight excluding hydrogens is 458 g/mol. The summed E-state index contributed by atoms with van der Waals surface area (Å²) in [7, 11) is 3.22.